The van der Waals surface area contributed by atoms with Gasteiger partial charge in [0.15, 0.2) is 5.78 Å². The van der Waals surface area contributed by atoms with Gasteiger partial charge in [0.25, 0.3) is 0 Å². The Bertz CT molecular complexity index is 951. The van der Waals surface area contributed by atoms with Crippen molar-refractivity contribution in [3.8, 4) is 0 Å². The van der Waals surface area contributed by atoms with E-state index in [1.807, 2.05) is 0 Å². The summed E-state index contributed by atoms with van der Waals surface area (Å²) < 4.78 is 52.2. The molecule has 0 heterocycles. The number of hydrogen-bond donors (Lipinski definition) is 1. The van der Waals surface area contributed by atoms with Gasteiger partial charge in [-0.25, -0.2) is 9.38 Å². The van der Waals surface area contributed by atoms with Gasteiger partial charge in [-0.2, -0.15) is 13.2 Å². The lowest BCUT2D eigenvalue weighted by molar-refractivity contribution is -0.119. The van der Waals surface area contributed by atoms with E-state index in [0.29, 0.717) is 0 Å². The molecule has 4 nitrogen and oxygen atoms in total. The summed E-state index contributed by atoms with van der Waals surface area (Å²) in [5.74, 6) is -1.32. The van der Waals surface area contributed by atoms with Crippen molar-refractivity contribution in [2.45, 2.75) is 6.18 Å². The zero-order chi connectivity index (χ0) is 21.2. The van der Waals surface area contributed by atoms with Crippen LogP contribution in [-0.2, 0) is 0 Å². The smallest absolute Gasteiger partial charge is 0.390 e. The largest absolute Gasteiger partial charge is 0.405 e. The number of benzene rings is 2. The third-order valence-electron chi connectivity index (χ3n) is 3.60. The third-order valence-corrected chi connectivity index (χ3v) is 5.33. The lowest BCUT2D eigenvalue weighted by atomic mass is 10.0. The molecule has 0 unspecified atom stereocenters. The molecule has 0 atom stereocenters. The molecule has 0 fully saturated rings. The van der Waals surface area contributed by atoms with Crippen LogP contribution in [0.3, 0.4) is 0 Å². The monoisotopic (exact) mass is 543 g/mol. The second kappa shape index (κ2) is 8.79. The molecular formula is C17H12Br2ClF4N3O. The van der Waals surface area contributed by atoms with Gasteiger partial charge < -0.3 is 10.6 Å². The molecule has 0 amide bonds. The molecular weight excluding hydrogens is 533 g/mol. The molecule has 2 aromatic carbocycles. The van der Waals surface area contributed by atoms with Crippen LogP contribution in [-0.4, -0.2) is 31.9 Å². The van der Waals surface area contributed by atoms with Gasteiger partial charge in [-0.1, -0.05) is 11.6 Å². The lowest BCUT2D eigenvalue weighted by Gasteiger charge is -2.24. The van der Waals surface area contributed by atoms with Gasteiger partial charge in [-0.05, 0) is 56.1 Å². The average molecular weight is 546 g/mol. The Hall–Kier alpha value is -1.65. The first-order chi connectivity index (χ1) is 13.0. The number of carbonyl (C=O) groups is 1. The number of anilines is 1. The number of halogens is 7. The van der Waals surface area contributed by atoms with Crippen LogP contribution >= 0.6 is 43.5 Å². The maximum Gasteiger partial charge on any atom is 0.405 e. The number of nitrogens with zero attached hydrogens (tertiary/aromatic N) is 2. The summed E-state index contributed by atoms with van der Waals surface area (Å²) in [7, 11) is 1.22. The van der Waals surface area contributed by atoms with E-state index in [0.717, 1.165) is 23.4 Å². The van der Waals surface area contributed by atoms with Crippen LogP contribution in [0.15, 0.2) is 38.2 Å². The zero-order valence-corrected chi connectivity index (χ0v) is 18.0. The van der Waals surface area contributed by atoms with E-state index < -0.39 is 24.3 Å². The number of rotatable bonds is 5. The van der Waals surface area contributed by atoms with Crippen LogP contribution in [0.2, 0.25) is 5.02 Å². The Labute approximate surface area is 179 Å². The number of carbonyl (C=O) groups excluding carboxylic acids is 1. The first-order valence-corrected chi connectivity index (χ1v) is 9.46. The van der Waals surface area contributed by atoms with E-state index in [2.05, 4.69) is 36.9 Å². The molecule has 150 valence electrons. The molecule has 0 aliphatic rings. The maximum atomic E-state index is 13.6. The van der Waals surface area contributed by atoms with Crippen molar-refractivity contribution >= 4 is 67.0 Å². The molecule has 11 heteroatoms. The van der Waals surface area contributed by atoms with E-state index in [4.69, 9.17) is 17.3 Å². The van der Waals surface area contributed by atoms with Crippen molar-refractivity contribution in [2.24, 2.45) is 10.7 Å². The fourth-order valence-electron chi connectivity index (χ4n) is 2.45. The van der Waals surface area contributed by atoms with Gasteiger partial charge in [0, 0.05) is 17.1 Å². The Morgan fingerprint density at radius 2 is 1.96 bits per heavy atom. The number of hydrogen-bond acceptors (Lipinski definition) is 3. The molecule has 0 saturated heterocycles. The summed E-state index contributed by atoms with van der Waals surface area (Å²) in [6.07, 6.45) is -3.57. The van der Waals surface area contributed by atoms with E-state index in [-0.39, 0.29) is 36.5 Å². The van der Waals surface area contributed by atoms with Crippen molar-refractivity contribution in [1.29, 1.82) is 0 Å². The number of ketones is 1. The van der Waals surface area contributed by atoms with E-state index in [1.165, 1.54) is 19.2 Å². The fraction of sp³-hybridized carbons (Fsp3) is 0.176. The number of alkyl halides is 3. The van der Waals surface area contributed by atoms with E-state index in [1.54, 1.807) is 0 Å². The summed E-state index contributed by atoms with van der Waals surface area (Å²) in [6.45, 7) is -1.25. The van der Waals surface area contributed by atoms with Crippen LogP contribution in [0.25, 0.3) is 0 Å². The van der Waals surface area contributed by atoms with Crippen LogP contribution in [0.4, 0.5) is 28.9 Å². The Morgan fingerprint density at radius 1 is 1.32 bits per heavy atom. The average Bonchev–Trinajstić information content (AvgIpc) is 2.57. The van der Waals surface area contributed by atoms with Gasteiger partial charge in [0.1, 0.15) is 18.0 Å². The standard InChI is InChI=1S/C17H12Br2ClF4N3O/c1-27(6-17(22,23)24)12-5-10(18)13(14(19)15(12)26-7-25)16(28)9-4-8(21)2-3-11(9)20/h2-5,7H,6H2,1H3,(H2,25,26). The molecule has 0 saturated carbocycles. The summed E-state index contributed by atoms with van der Waals surface area (Å²) in [4.78, 5) is 17.7. The predicted molar refractivity (Wildman–Crippen MR) is 108 cm³/mol. The van der Waals surface area contributed by atoms with Crippen LogP contribution in [0, 0.1) is 5.82 Å². The second-order valence-electron chi connectivity index (χ2n) is 5.62. The minimum Gasteiger partial charge on any atom is -0.390 e. The van der Waals surface area contributed by atoms with Crippen LogP contribution in [0.1, 0.15) is 15.9 Å². The molecule has 0 spiro atoms. The maximum absolute atomic E-state index is 13.6. The quantitative estimate of drug-likeness (QED) is 0.222. The van der Waals surface area contributed by atoms with E-state index in [9.17, 15) is 22.4 Å². The second-order valence-corrected chi connectivity index (χ2v) is 7.67. The summed E-state index contributed by atoms with van der Waals surface area (Å²) in [6, 6.07) is 4.61. The van der Waals surface area contributed by atoms with Crippen LogP contribution < -0.4 is 10.6 Å². The van der Waals surface area contributed by atoms with Gasteiger partial charge in [0.05, 0.1) is 27.1 Å². The van der Waals surface area contributed by atoms with Crippen molar-refractivity contribution in [3.05, 3.63) is 55.2 Å². The molecule has 0 aliphatic heterocycles. The SMILES string of the molecule is CN(CC(F)(F)F)c1cc(Br)c(C(=O)c2cc(F)ccc2Cl)c(Br)c1N=CN. The highest BCUT2D eigenvalue weighted by atomic mass is 79.9. The molecule has 0 bridgehead atoms. The molecule has 0 aromatic heterocycles. The summed E-state index contributed by atoms with van der Waals surface area (Å²) in [5, 5.41) is 0.0207. The van der Waals surface area contributed by atoms with Gasteiger partial charge >= 0.3 is 6.18 Å². The molecule has 0 aliphatic carbocycles. The highest BCUT2D eigenvalue weighted by Crippen LogP contribution is 2.43. The first-order valence-electron chi connectivity index (χ1n) is 7.50. The van der Waals surface area contributed by atoms with Crippen molar-refractivity contribution in [1.82, 2.24) is 0 Å². The van der Waals surface area contributed by atoms with E-state index >= 15 is 0 Å². The molecule has 28 heavy (non-hydrogen) atoms. The van der Waals surface area contributed by atoms with Crippen molar-refractivity contribution in [2.75, 3.05) is 18.5 Å². The molecule has 2 aromatic rings. The third kappa shape index (κ3) is 5.03. The number of aliphatic imine (C=N–C) groups is 1. The van der Waals surface area contributed by atoms with Crippen molar-refractivity contribution < 1.29 is 22.4 Å². The van der Waals surface area contributed by atoms with Gasteiger partial charge in [-0.3, -0.25) is 4.79 Å². The fourth-order valence-corrected chi connectivity index (χ4v) is 4.22. The van der Waals surface area contributed by atoms with Gasteiger partial charge in [0.2, 0.25) is 0 Å². The Kier molecular flexibility index (Phi) is 7.11. The highest BCUT2D eigenvalue weighted by molar-refractivity contribution is 9.11. The van der Waals surface area contributed by atoms with Crippen molar-refractivity contribution in [3.63, 3.8) is 0 Å². The van der Waals surface area contributed by atoms with Gasteiger partial charge in [-0.15, -0.1) is 0 Å². The minimum absolute atomic E-state index is 0.00771. The minimum atomic E-state index is -4.46. The first kappa shape index (κ1) is 22.6. The summed E-state index contributed by atoms with van der Waals surface area (Å²) >= 11 is 12.4. The topological polar surface area (TPSA) is 58.7 Å². The normalized spacial score (nSPS) is 11.9. The molecule has 2 N–H and O–H groups in total. The predicted octanol–water partition coefficient (Wildman–Crippen LogP) is 5.85. The highest BCUT2D eigenvalue weighted by Gasteiger charge is 2.32. The Balaban J connectivity index is 2.66. The lowest BCUT2D eigenvalue weighted by Crippen LogP contribution is -2.31. The number of nitrogens with two attached hydrogens (primary N) is 1. The molecule has 2 rings (SSSR count). The van der Waals surface area contributed by atoms with Crippen LogP contribution in [0.5, 0.6) is 0 Å². The Morgan fingerprint density at radius 3 is 2.54 bits per heavy atom. The summed E-state index contributed by atoms with van der Waals surface area (Å²) in [5.41, 5.74) is 5.30. The molecule has 0 radical (unpaired) electrons. The zero-order valence-electron chi connectivity index (χ0n) is 14.1.